The standard InChI is InChI=1S/C14H13NO3/c1-17-12-5-3-4-10(8-12)13-7-6-11(9-15-13)14(16)18-2/h3-9H,1-2H3. The van der Waals surface area contributed by atoms with E-state index in [1.807, 2.05) is 24.3 Å². The molecule has 2 aromatic rings. The van der Waals surface area contributed by atoms with Gasteiger partial charge in [0.2, 0.25) is 0 Å². The van der Waals surface area contributed by atoms with Crippen LogP contribution in [0.15, 0.2) is 42.6 Å². The Morgan fingerprint density at radius 1 is 1.17 bits per heavy atom. The zero-order valence-corrected chi connectivity index (χ0v) is 10.2. The molecule has 0 unspecified atom stereocenters. The largest absolute Gasteiger partial charge is 0.497 e. The predicted octanol–water partition coefficient (Wildman–Crippen LogP) is 2.54. The molecule has 0 fully saturated rings. The third kappa shape index (κ3) is 2.48. The summed E-state index contributed by atoms with van der Waals surface area (Å²) in [6, 6.07) is 11.0. The van der Waals surface area contributed by atoms with Crippen molar-refractivity contribution in [2.24, 2.45) is 0 Å². The molecule has 2 rings (SSSR count). The summed E-state index contributed by atoms with van der Waals surface area (Å²) in [5, 5.41) is 0. The van der Waals surface area contributed by atoms with Gasteiger partial charge in [0.1, 0.15) is 5.75 Å². The summed E-state index contributed by atoms with van der Waals surface area (Å²) in [5.41, 5.74) is 2.15. The maximum atomic E-state index is 11.3. The van der Waals surface area contributed by atoms with Crippen molar-refractivity contribution in [1.29, 1.82) is 0 Å². The van der Waals surface area contributed by atoms with E-state index in [2.05, 4.69) is 9.72 Å². The molecule has 0 bridgehead atoms. The highest BCUT2D eigenvalue weighted by molar-refractivity contribution is 5.89. The second kappa shape index (κ2) is 5.31. The molecular weight excluding hydrogens is 230 g/mol. The van der Waals surface area contributed by atoms with Crippen molar-refractivity contribution < 1.29 is 14.3 Å². The Kier molecular flexibility index (Phi) is 3.57. The fourth-order valence-corrected chi connectivity index (χ4v) is 1.59. The molecule has 0 radical (unpaired) electrons. The van der Waals surface area contributed by atoms with Gasteiger partial charge in [-0.05, 0) is 24.3 Å². The van der Waals surface area contributed by atoms with Gasteiger partial charge < -0.3 is 9.47 Å². The third-order valence-corrected chi connectivity index (χ3v) is 2.55. The number of methoxy groups -OCH3 is 2. The van der Waals surface area contributed by atoms with Gasteiger partial charge in [-0.1, -0.05) is 12.1 Å². The van der Waals surface area contributed by atoms with Crippen LogP contribution < -0.4 is 4.74 Å². The van der Waals surface area contributed by atoms with Gasteiger partial charge in [0.15, 0.2) is 0 Å². The summed E-state index contributed by atoms with van der Waals surface area (Å²) in [6.07, 6.45) is 1.50. The number of ether oxygens (including phenoxy) is 2. The van der Waals surface area contributed by atoms with Crippen LogP contribution in [0.3, 0.4) is 0 Å². The number of hydrogen-bond donors (Lipinski definition) is 0. The van der Waals surface area contributed by atoms with Crippen molar-refractivity contribution >= 4 is 5.97 Å². The highest BCUT2D eigenvalue weighted by atomic mass is 16.5. The van der Waals surface area contributed by atoms with Crippen molar-refractivity contribution in [3.63, 3.8) is 0 Å². The number of nitrogens with zero attached hydrogens (tertiary/aromatic N) is 1. The minimum atomic E-state index is -0.389. The topological polar surface area (TPSA) is 48.4 Å². The first kappa shape index (κ1) is 12.1. The molecule has 0 atom stereocenters. The second-order valence-corrected chi connectivity index (χ2v) is 3.66. The lowest BCUT2D eigenvalue weighted by atomic mass is 10.1. The molecule has 0 aliphatic heterocycles. The van der Waals surface area contributed by atoms with Crippen LogP contribution >= 0.6 is 0 Å². The van der Waals surface area contributed by atoms with E-state index in [9.17, 15) is 4.79 Å². The SMILES string of the molecule is COC(=O)c1ccc(-c2cccc(OC)c2)nc1. The van der Waals surface area contributed by atoms with E-state index >= 15 is 0 Å². The van der Waals surface area contributed by atoms with Crippen molar-refractivity contribution in [3.05, 3.63) is 48.2 Å². The first-order valence-electron chi connectivity index (χ1n) is 5.43. The summed E-state index contributed by atoms with van der Waals surface area (Å²) in [4.78, 5) is 15.5. The molecule has 4 heteroatoms. The number of carbonyl (C=O) groups excluding carboxylic acids is 1. The average molecular weight is 243 g/mol. The van der Waals surface area contributed by atoms with E-state index in [0.29, 0.717) is 5.56 Å². The highest BCUT2D eigenvalue weighted by Gasteiger charge is 2.06. The number of carbonyl (C=O) groups is 1. The van der Waals surface area contributed by atoms with Crippen LogP contribution in [0.25, 0.3) is 11.3 Å². The summed E-state index contributed by atoms with van der Waals surface area (Å²) >= 11 is 0. The van der Waals surface area contributed by atoms with E-state index in [1.54, 1.807) is 19.2 Å². The van der Waals surface area contributed by atoms with E-state index < -0.39 is 0 Å². The van der Waals surface area contributed by atoms with E-state index in [1.165, 1.54) is 13.3 Å². The van der Waals surface area contributed by atoms with E-state index in [-0.39, 0.29) is 5.97 Å². The molecule has 1 aromatic heterocycles. The average Bonchev–Trinajstić information content (AvgIpc) is 2.46. The fourth-order valence-electron chi connectivity index (χ4n) is 1.59. The van der Waals surface area contributed by atoms with Gasteiger partial charge in [0.05, 0.1) is 25.5 Å². The van der Waals surface area contributed by atoms with Gasteiger partial charge in [-0.15, -0.1) is 0 Å². The second-order valence-electron chi connectivity index (χ2n) is 3.66. The molecule has 0 amide bonds. The Morgan fingerprint density at radius 2 is 2.00 bits per heavy atom. The molecule has 0 aliphatic rings. The number of hydrogen-bond acceptors (Lipinski definition) is 4. The predicted molar refractivity (Wildman–Crippen MR) is 67.6 cm³/mol. The highest BCUT2D eigenvalue weighted by Crippen LogP contribution is 2.22. The van der Waals surface area contributed by atoms with Crippen LogP contribution in [0, 0.1) is 0 Å². The van der Waals surface area contributed by atoms with Gasteiger partial charge in [0.25, 0.3) is 0 Å². The zero-order valence-electron chi connectivity index (χ0n) is 10.2. The normalized spacial score (nSPS) is 9.89. The molecule has 0 N–H and O–H groups in total. The smallest absolute Gasteiger partial charge is 0.339 e. The third-order valence-electron chi connectivity index (χ3n) is 2.55. The maximum absolute atomic E-state index is 11.3. The minimum Gasteiger partial charge on any atom is -0.497 e. The Hall–Kier alpha value is -2.36. The molecular formula is C14H13NO3. The van der Waals surface area contributed by atoms with Gasteiger partial charge in [-0.25, -0.2) is 4.79 Å². The van der Waals surface area contributed by atoms with Crippen LogP contribution in [0.5, 0.6) is 5.75 Å². The first-order chi connectivity index (χ1) is 8.74. The molecule has 1 aromatic carbocycles. The Balaban J connectivity index is 2.31. The Morgan fingerprint density at radius 3 is 2.61 bits per heavy atom. The summed E-state index contributed by atoms with van der Waals surface area (Å²) < 4.78 is 9.77. The summed E-state index contributed by atoms with van der Waals surface area (Å²) in [6.45, 7) is 0. The van der Waals surface area contributed by atoms with Gasteiger partial charge in [-0.3, -0.25) is 4.98 Å². The number of benzene rings is 1. The van der Waals surface area contributed by atoms with Crippen molar-refractivity contribution in [2.75, 3.05) is 14.2 Å². The molecule has 0 spiro atoms. The molecule has 0 aliphatic carbocycles. The maximum Gasteiger partial charge on any atom is 0.339 e. The Labute approximate surface area is 105 Å². The molecule has 1 heterocycles. The lowest BCUT2D eigenvalue weighted by Crippen LogP contribution is -2.01. The molecule has 0 saturated carbocycles. The molecule has 4 nitrogen and oxygen atoms in total. The van der Waals surface area contributed by atoms with Crippen LogP contribution in [0.2, 0.25) is 0 Å². The summed E-state index contributed by atoms with van der Waals surface area (Å²) in [7, 11) is 2.96. The monoisotopic (exact) mass is 243 g/mol. The van der Waals surface area contributed by atoms with Crippen LogP contribution in [0.1, 0.15) is 10.4 Å². The number of esters is 1. The number of aromatic nitrogens is 1. The van der Waals surface area contributed by atoms with Crippen LogP contribution in [-0.4, -0.2) is 25.2 Å². The van der Waals surface area contributed by atoms with Crippen LogP contribution in [-0.2, 0) is 4.74 Å². The van der Waals surface area contributed by atoms with Gasteiger partial charge in [0, 0.05) is 11.8 Å². The first-order valence-corrected chi connectivity index (χ1v) is 5.43. The van der Waals surface area contributed by atoms with E-state index in [0.717, 1.165) is 17.0 Å². The molecule has 92 valence electrons. The van der Waals surface area contributed by atoms with Crippen LogP contribution in [0.4, 0.5) is 0 Å². The van der Waals surface area contributed by atoms with Crippen molar-refractivity contribution in [2.45, 2.75) is 0 Å². The Bertz CT molecular complexity index is 549. The summed E-state index contributed by atoms with van der Waals surface area (Å²) in [5.74, 6) is 0.381. The van der Waals surface area contributed by atoms with Gasteiger partial charge in [-0.2, -0.15) is 0 Å². The molecule has 18 heavy (non-hydrogen) atoms. The van der Waals surface area contributed by atoms with Crippen molar-refractivity contribution in [1.82, 2.24) is 4.98 Å². The number of pyridine rings is 1. The zero-order chi connectivity index (χ0) is 13.0. The number of rotatable bonds is 3. The van der Waals surface area contributed by atoms with Gasteiger partial charge >= 0.3 is 5.97 Å². The fraction of sp³-hybridized carbons (Fsp3) is 0.143. The lowest BCUT2D eigenvalue weighted by Gasteiger charge is -2.04. The minimum absolute atomic E-state index is 0.389. The molecule has 0 saturated heterocycles. The lowest BCUT2D eigenvalue weighted by molar-refractivity contribution is 0.0600. The quantitative estimate of drug-likeness (QED) is 0.777. The van der Waals surface area contributed by atoms with E-state index in [4.69, 9.17) is 4.74 Å². The van der Waals surface area contributed by atoms with Crippen molar-refractivity contribution in [3.8, 4) is 17.0 Å².